The van der Waals surface area contributed by atoms with E-state index < -0.39 is 10.0 Å². The lowest BCUT2D eigenvalue weighted by atomic mass is 10.1. The molecule has 0 radical (unpaired) electrons. The maximum absolute atomic E-state index is 13.0. The Morgan fingerprint density at radius 2 is 1.67 bits per heavy atom. The Hall–Kier alpha value is -2.17. The zero-order chi connectivity index (χ0) is 22.5. The van der Waals surface area contributed by atoms with Gasteiger partial charge in [-0.3, -0.25) is 14.5 Å². The molecule has 1 aliphatic heterocycles. The fourth-order valence-corrected chi connectivity index (χ4v) is 4.44. The smallest absolute Gasteiger partial charge is 0.253 e. The van der Waals surface area contributed by atoms with Gasteiger partial charge in [0.1, 0.15) is 10.6 Å². The van der Waals surface area contributed by atoms with E-state index in [1.165, 1.54) is 33.3 Å². The first-order chi connectivity index (χ1) is 14.1. The molecule has 0 unspecified atom stereocenters. The van der Waals surface area contributed by atoms with Crippen molar-refractivity contribution in [2.45, 2.75) is 18.7 Å². The highest BCUT2D eigenvalue weighted by Gasteiger charge is 2.27. The zero-order valence-corrected chi connectivity index (χ0v) is 19.2. The highest BCUT2D eigenvalue weighted by atomic mass is 32.2. The first-order valence-corrected chi connectivity index (χ1v) is 11.5. The summed E-state index contributed by atoms with van der Waals surface area (Å²) in [6, 6.07) is 4.45. The summed E-state index contributed by atoms with van der Waals surface area (Å²) < 4.78 is 31.4. The Labute approximate surface area is 179 Å². The van der Waals surface area contributed by atoms with Crippen molar-refractivity contribution in [3.05, 3.63) is 23.8 Å². The predicted octanol–water partition coefficient (Wildman–Crippen LogP) is 0.572. The molecule has 0 aromatic heterocycles. The maximum Gasteiger partial charge on any atom is 0.253 e. The number of benzene rings is 1. The third kappa shape index (κ3) is 5.30. The van der Waals surface area contributed by atoms with Crippen LogP contribution >= 0.6 is 0 Å². The molecular formula is C20H32N4O5S. The monoisotopic (exact) mass is 440 g/mol. The van der Waals surface area contributed by atoms with Crippen LogP contribution in [0.3, 0.4) is 0 Å². The van der Waals surface area contributed by atoms with Crippen LogP contribution in [0.1, 0.15) is 24.2 Å². The highest BCUT2D eigenvalue weighted by molar-refractivity contribution is 7.89. The molecular weight excluding hydrogens is 408 g/mol. The van der Waals surface area contributed by atoms with Crippen molar-refractivity contribution in [2.24, 2.45) is 0 Å². The molecule has 0 atom stereocenters. The van der Waals surface area contributed by atoms with Crippen molar-refractivity contribution in [1.82, 2.24) is 19.0 Å². The number of rotatable bonds is 8. The summed E-state index contributed by atoms with van der Waals surface area (Å²) in [7, 11) is 0.503. The van der Waals surface area contributed by atoms with Crippen LogP contribution in [0.5, 0.6) is 5.75 Å². The number of ether oxygens (including phenoxy) is 1. The van der Waals surface area contributed by atoms with Crippen LogP contribution in [0.15, 0.2) is 23.1 Å². The number of carbonyl (C=O) groups is 2. The number of sulfonamides is 1. The summed E-state index contributed by atoms with van der Waals surface area (Å²) in [4.78, 5) is 30.7. The Bertz CT molecular complexity index is 860. The molecule has 1 aromatic rings. The van der Waals surface area contributed by atoms with E-state index in [1.54, 1.807) is 15.9 Å². The molecule has 10 heteroatoms. The minimum absolute atomic E-state index is 0.0377. The average Bonchev–Trinajstić information content (AvgIpc) is 2.74. The van der Waals surface area contributed by atoms with Gasteiger partial charge in [0, 0.05) is 58.9 Å². The van der Waals surface area contributed by atoms with Crippen molar-refractivity contribution < 1.29 is 22.7 Å². The van der Waals surface area contributed by atoms with E-state index in [4.69, 9.17) is 4.74 Å². The van der Waals surface area contributed by atoms with Crippen LogP contribution in [0.25, 0.3) is 0 Å². The fraction of sp³-hybridized carbons (Fsp3) is 0.600. The Balaban J connectivity index is 2.09. The van der Waals surface area contributed by atoms with E-state index in [1.807, 2.05) is 18.7 Å². The molecule has 0 spiro atoms. The van der Waals surface area contributed by atoms with Crippen LogP contribution in [0.4, 0.5) is 0 Å². The van der Waals surface area contributed by atoms with Gasteiger partial charge in [-0.1, -0.05) is 0 Å². The Morgan fingerprint density at radius 3 is 2.17 bits per heavy atom. The van der Waals surface area contributed by atoms with Crippen LogP contribution in [0.2, 0.25) is 0 Å². The minimum atomic E-state index is -3.75. The van der Waals surface area contributed by atoms with Crippen LogP contribution in [-0.4, -0.2) is 106 Å². The number of carbonyl (C=O) groups excluding carboxylic acids is 2. The van der Waals surface area contributed by atoms with Crippen molar-refractivity contribution in [2.75, 3.05) is 67.0 Å². The van der Waals surface area contributed by atoms with E-state index in [9.17, 15) is 18.0 Å². The molecule has 0 N–H and O–H groups in total. The zero-order valence-electron chi connectivity index (χ0n) is 18.4. The van der Waals surface area contributed by atoms with Crippen LogP contribution in [0, 0.1) is 0 Å². The van der Waals surface area contributed by atoms with E-state index in [0.717, 1.165) is 4.31 Å². The number of hydrogen-bond donors (Lipinski definition) is 0. The lowest BCUT2D eigenvalue weighted by molar-refractivity contribution is -0.132. The van der Waals surface area contributed by atoms with Gasteiger partial charge in [-0.25, -0.2) is 12.7 Å². The molecule has 0 bridgehead atoms. The molecule has 1 fully saturated rings. The van der Waals surface area contributed by atoms with Crippen LogP contribution < -0.4 is 4.74 Å². The lowest BCUT2D eigenvalue weighted by Gasteiger charge is -2.35. The molecule has 2 rings (SSSR count). The molecule has 1 saturated heterocycles. The standard InChI is InChI=1S/C20H32N4O5S/c1-6-23(7-2)19(25)15-22-10-12-24(13-11-22)20(26)16-8-9-17(29-5)18(14-16)30(27,28)21(3)4/h8-9,14H,6-7,10-13,15H2,1-5H3. The molecule has 0 aliphatic carbocycles. The third-order valence-electron chi connectivity index (χ3n) is 5.30. The number of amides is 2. The topological polar surface area (TPSA) is 90.5 Å². The maximum atomic E-state index is 13.0. The molecule has 1 aliphatic rings. The normalized spacial score (nSPS) is 15.3. The Kier molecular flexibility index (Phi) is 8.22. The van der Waals surface area contributed by atoms with Gasteiger partial charge < -0.3 is 14.5 Å². The number of piperazine rings is 1. The fourth-order valence-electron chi connectivity index (χ4n) is 3.37. The molecule has 0 saturated carbocycles. The van der Waals surface area contributed by atoms with Gasteiger partial charge in [0.25, 0.3) is 5.91 Å². The van der Waals surface area contributed by atoms with Gasteiger partial charge in [-0.05, 0) is 32.0 Å². The summed E-state index contributed by atoms with van der Waals surface area (Å²) in [5, 5.41) is 0. The van der Waals surface area contributed by atoms with Crippen molar-refractivity contribution in [3.63, 3.8) is 0 Å². The van der Waals surface area contributed by atoms with Gasteiger partial charge in [0.2, 0.25) is 15.9 Å². The van der Waals surface area contributed by atoms with E-state index >= 15 is 0 Å². The quantitative estimate of drug-likeness (QED) is 0.587. The summed E-state index contributed by atoms with van der Waals surface area (Å²) in [5.41, 5.74) is 0.295. The van der Waals surface area contributed by atoms with Crippen molar-refractivity contribution in [3.8, 4) is 5.75 Å². The van der Waals surface area contributed by atoms with Crippen LogP contribution in [-0.2, 0) is 14.8 Å². The molecule has 1 aromatic carbocycles. The van der Waals surface area contributed by atoms with Gasteiger partial charge in [0.05, 0.1) is 13.7 Å². The van der Waals surface area contributed by atoms with Gasteiger partial charge >= 0.3 is 0 Å². The van der Waals surface area contributed by atoms with Crippen molar-refractivity contribution in [1.29, 1.82) is 0 Å². The van der Waals surface area contributed by atoms with Gasteiger partial charge in [0.15, 0.2) is 0 Å². The highest BCUT2D eigenvalue weighted by Crippen LogP contribution is 2.27. The second-order valence-electron chi connectivity index (χ2n) is 7.29. The molecule has 1 heterocycles. The van der Waals surface area contributed by atoms with E-state index in [2.05, 4.69) is 0 Å². The molecule has 30 heavy (non-hydrogen) atoms. The summed E-state index contributed by atoms with van der Waals surface area (Å²) >= 11 is 0. The summed E-state index contributed by atoms with van der Waals surface area (Å²) in [5.74, 6) is 0.0519. The van der Waals surface area contributed by atoms with Crippen molar-refractivity contribution >= 4 is 21.8 Å². The molecule has 2 amide bonds. The largest absolute Gasteiger partial charge is 0.495 e. The second kappa shape index (κ2) is 10.2. The minimum Gasteiger partial charge on any atom is -0.495 e. The lowest BCUT2D eigenvalue weighted by Crippen LogP contribution is -2.51. The number of nitrogens with zero attached hydrogens (tertiary/aromatic N) is 4. The third-order valence-corrected chi connectivity index (χ3v) is 7.14. The molecule has 168 valence electrons. The van der Waals surface area contributed by atoms with Gasteiger partial charge in [-0.15, -0.1) is 0 Å². The average molecular weight is 441 g/mol. The van der Waals surface area contributed by atoms with E-state index in [0.29, 0.717) is 51.4 Å². The molecule has 9 nitrogen and oxygen atoms in total. The summed E-state index contributed by atoms with van der Waals surface area (Å²) in [6.07, 6.45) is 0. The Morgan fingerprint density at radius 1 is 1.07 bits per heavy atom. The first kappa shape index (κ1) is 24.1. The number of hydrogen-bond acceptors (Lipinski definition) is 6. The predicted molar refractivity (Wildman–Crippen MR) is 114 cm³/mol. The number of likely N-dealkylation sites (N-methyl/N-ethyl adjacent to an activating group) is 1. The second-order valence-corrected chi connectivity index (χ2v) is 9.41. The number of methoxy groups -OCH3 is 1. The van der Waals surface area contributed by atoms with E-state index in [-0.39, 0.29) is 22.5 Å². The van der Waals surface area contributed by atoms with Gasteiger partial charge in [-0.2, -0.15) is 0 Å². The SMILES string of the molecule is CCN(CC)C(=O)CN1CCN(C(=O)c2ccc(OC)c(S(=O)(=O)N(C)C)c2)CC1. The first-order valence-electron chi connectivity index (χ1n) is 10.1. The summed E-state index contributed by atoms with van der Waals surface area (Å²) in [6.45, 7) is 7.77.